The van der Waals surface area contributed by atoms with Gasteiger partial charge in [0.25, 0.3) is 0 Å². The highest BCUT2D eigenvalue weighted by atomic mass is 19.1. The smallest absolute Gasteiger partial charge is 0.123 e. The van der Waals surface area contributed by atoms with Crippen molar-refractivity contribution in [3.8, 4) is 0 Å². The van der Waals surface area contributed by atoms with Gasteiger partial charge in [0, 0.05) is 19.6 Å². The molecule has 3 rings (SSSR count). The average molecular weight is 315 g/mol. The van der Waals surface area contributed by atoms with Gasteiger partial charge in [-0.3, -0.25) is 4.90 Å². The quantitative estimate of drug-likeness (QED) is 0.921. The molecule has 1 unspecified atom stereocenters. The van der Waals surface area contributed by atoms with E-state index in [-0.39, 0.29) is 5.82 Å². The summed E-state index contributed by atoms with van der Waals surface area (Å²) in [6, 6.07) is 15.7. The molecular weight excluding hydrogens is 293 g/mol. The molecule has 1 N–H and O–H groups in total. The van der Waals surface area contributed by atoms with Crippen molar-refractivity contribution < 1.29 is 14.2 Å². The van der Waals surface area contributed by atoms with Gasteiger partial charge < -0.3 is 9.84 Å². The first kappa shape index (κ1) is 16.1. The van der Waals surface area contributed by atoms with E-state index in [4.69, 9.17) is 4.74 Å². The van der Waals surface area contributed by atoms with E-state index in [1.807, 2.05) is 30.3 Å². The average Bonchev–Trinajstić information content (AvgIpc) is 2.62. The van der Waals surface area contributed by atoms with Crippen molar-refractivity contribution in [3.63, 3.8) is 0 Å². The van der Waals surface area contributed by atoms with Gasteiger partial charge in [-0.15, -0.1) is 0 Å². The predicted molar refractivity (Wildman–Crippen MR) is 87.7 cm³/mol. The summed E-state index contributed by atoms with van der Waals surface area (Å²) >= 11 is 0. The Morgan fingerprint density at radius 1 is 0.957 bits per heavy atom. The Morgan fingerprint density at radius 2 is 1.57 bits per heavy atom. The molecule has 3 nitrogen and oxygen atoms in total. The molecule has 0 bridgehead atoms. The molecule has 0 aromatic heterocycles. The van der Waals surface area contributed by atoms with Crippen molar-refractivity contribution in [1.29, 1.82) is 0 Å². The van der Waals surface area contributed by atoms with Crippen LogP contribution in [0.5, 0.6) is 0 Å². The summed E-state index contributed by atoms with van der Waals surface area (Å²) in [5.74, 6) is -0.294. The highest BCUT2D eigenvalue weighted by molar-refractivity contribution is 5.36. The van der Waals surface area contributed by atoms with Crippen LogP contribution in [0, 0.1) is 5.82 Å². The normalized spacial score (nSPS) is 18.5. The van der Waals surface area contributed by atoms with Crippen molar-refractivity contribution in [3.05, 3.63) is 71.5 Å². The second-order valence-corrected chi connectivity index (χ2v) is 5.94. The Morgan fingerprint density at radius 3 is 2.22 bits per heavy atom. The van der Waals surface area contributed by atoms with Gasteiger partial charge in [0.1, 0.15) is 11.4 Å². The number of nitrogens with zero attached hydrogens (tertiary/aromatic N) is 1. The fourth-order valence-corrected chi connectivity index (χ4v) is 3.04. The third kappa shape index (κ3) is 3.78. The SMILES string of the molecule is OC(CCN1CCOCC1)(c1ccccc1)c1ccc(F)cc1. The Bertz CT molecular complexity index is 611. The second kappa shape index (κ2) is 7.21. The van der Waals surface area contributed by atoms with Crippen molar-refractivity contribution in [2.45, 2.75) is 12.0 Å². The lowest BCUT2D eigenvalue weighted by Crippen LogP contribution is -2.40. The lowest BCUT2D eigenvalue weighted by molar-refractivity contribution is 0.0143. The third-order valence-electron chi connectivity index (χ3n) is 4.47. The van der Waals surface area contributed by atoms with Crippen molar-refractivity contribution in [1.82, 2.24) is 4.90 Å². The third-order valence-corrected chi connectivity index (χ3v) is 4.47. The molecule has 1 fully saturated rings. The predicted octanol–water partition coefficient (Wildman–Crippen LogP) is 2.78. The molecule has 1 heterocycles. The highest BCUT2D eigenvalue weighted by Gasteiger charge is 2.32. The first-order valence-electron chi connectivity index (χ1n) is 8.02. The second-order valence-electron chi connectivity index (χ2n) is 5.94. The Hall–Kier alpha value is -1.75. The maximum atomic E-state index is 13.3. The van der Waals surface area contributed by atoms with Crippen LogP contribution in [0.15, 0.2) is 54.6 Å². The van der Waals surface area contributed by atoms with Gasteiger partial charge >= 0.3 is 0 Å². The van der Waals surface area contributed by atoms with Gasteiger partial charge in [0.2, 0.25) is 0 Å². The number of morpholine rings is 1. The molecule has 0 radical (unpaired) electrons. The molecule has 1 aliphatic rings. The molecule has 0 amide bonds. The van der Waals surface area contributed by atoms with Crippen molar-refractivity contribution in [2.75, 3.05) is 32.8 Å². The number of rotatable bonds is 5. The zero-order valence-electron chi connectivity index (χ0n) is 13.1. The Labute approximate surface area is 136 Å². The highest BCUT2D eigenvalue weighted by Crippen LogP contribution is 2.33. The summed E-state index contributed by atoms with van der Waals surface area (Å²) < 4.78 is 18.6. The van der Waals surface area contributed by atoms with Gasteiger partial charge in [0.15, 0.2) is 0 Å². The van der Waals surface area contributed by atoms with Gasteiger partial charge in [-0.2, -0.15) is 0 Å². The molecule has 0 spiro atoms. The lowest BCUT2D eigenvalue weighted by Gasteiger charge is -2.33. The molecule has 122 valence electrons. The van der Waals surface area contributed by atoms with Crippen molar-refractivity contribution in [2.24, 2.45) is 0 Å². The summed E-state index contributed by atoms with van der Waals surface area (Å²) in [5, 5.41) is 11.4. The molecule has 1 saturated heterocycles. The molecule has 0 saturated carbocycles. The zero-order valence-corrected chi connectivity index (χ0v) is 13.1. The van der Waals surface area contributed by atoms with Crippen LogP contribution in [0.2, 0.25) is 0 Å². The minimum absolute atomic E-state index is 0.294. The molecular formula is C19H22FNO2. The number of aliphatic hydroxyl groups is 1. The molecule has 23 heavy (non-hydrogen) atoms. The van der Waals surface area contributed by atoms with Crippen LogP contribution >= 0.6 is 0 Å². The van der Waals surface area contributed by atoms with Gasteiger partial charge in [0.05, 0.1) is 13.2 Å². The van der Waals surface area contributed by atoms with Crippen LogP contribution in [0.1, 0.15) is 17.5 Å². The van der Waals surface area contributed by atoms with E-state index in [1.54, 1.807) is 12.1 Å². The maximum absolute atomic E-state index is 13.3. The first-order chi connectivity index (χ1) is 11.2. The van der Waals surface area contributed by atoms with E-state index in [0.717, 1.165) is 44.0 Å². The number of hydrogen-bond donors (Lipinski definition) is 1. The topological polar surface area (TPSA) is 32.7 Å². The summed E-state index contributed by atoms with van der Waals surface area (Å²) in [7, 11) is 0. The van der Waals surface area contributed by atoms with Crippen LogP contribution in [0.4, 0.5) is 4.39 Å². The minimum Gasteiger partial charge on any atom is -0.380 e. The fraction of sp³-hybridized carbons (Fsp3) is 0.368. The van der Waals surface area contributed by atoms with E-state index >= 15 is 0 Å². The van der Waals surface area contributed by atoms with Crippen LogP contribution in [0.25, 0.3) is 0 Å². The van der Waals surface area contributed by atoms with Crippen LogP contribution in [-0.4, -0.2) is 42.9 Å². The van der Waals surface area contributed by atoms with Gasteiger partial charge in [-0.25, -0.2) is 4.39 Å². The molecule has 0 aliphatic carbocycles. The molecule has 2 aromatic rings. The van der Waals surface area contributed by atoms with Crippen molar-refractivity contribution >= 4 is 0 Å². The molecule has 4 heteroatoms. The molecule has 1 aliphatic heterocycles. The maximum Gasteiger partial charge on any atom is 0.123 e. The molecule has 2 aromatic carbocycles. The van der Waals surface area contributed by atoms with E-state index in [1.165, 1.54) is 12.1 Å². The largest absolute Gasteiger partial charge is 0.380 e. The van der Waals surface area contributed by atoms with Crippen LogP contribution in [0.3, 0.4) is 0 Å². The van der Waals surface area contributed by atoms with E-state index < -0.39 is 5.60 Å². The summed E-state index contributed by atoms with van der Waals surface area (Å²) in [5.41, 5.74) is 0.436. The number of hydrogen-bond acceptors (Lipinski definition) is 3. The van der Waals surface area contributed by atoms with E-state index in [2.05, 4.69) is 4.90 Å². The number of benzene rings is 2. The molecule has 1 atom stereocenters. The monoisotopic (exact) mass is 315 g/mol. The minimum atomic E-state index is -1.12. The number of ether oxygens (including phenoxy) is 1. The summed E-state index contributed by atoms with van der Waals surface area (Å²) in [6.45, 7) is 4.01. The van der Waals surface area contributed by atoms with Gasteiger partial charge in [-0.1, -0.05) is 42.5 Å². The summed E-state index contributed by atoms with van der Waals surface area (Å²) in [4.78, 5) is 2.29. The zero-order chi connectivity index (χ0) is 16.1. The number of halogens is 1. The van der Waals surface area contributed by atoms with Gasteiger partial charge in [-0.05, 0) is 29.7 Å². The lowest BCUT2D eigenvalue weighted by atomic mass is 9.83. The summed E-state index contributed by atoms with van der Waals surface area (Å²) in [6.07, 6.45) is 0.558. The van der Waals surface area contributed by atoms with Crippen LogP contribution < -0.4 is 0 Å². The standard InChI is InChI=1S/C19H22FNO2/c20-18-8-6-17(7-9-18)19(22,16-4-2-1-3-5-16)10-11-21-12-14-23-15-13-21/h1-9,22H,10-15H2. The Kier molecular flexibility index (Phi) is 5.06. The van der Waals surface area contributed by atoms with E-state index in [9.17, 15) is 9.50 Å². The van der Waals surface area contributed by atoms with E-state index in [0.29, 0.717) is 6.42 Å². The Balaban J connectivity index is 1.85. The first-order valence-corrected chi connectivity index (χ1v) is 8.02. The van der Waals surface area contributed by atoms with Crippen LogP contribution in [-0.2, 0) is 10.3 Å². The fourth-order valence-electron chi connectivity index (χ4n) is 3.04.